The van der Waals surface area contributed by atoms with Gasteiger partial charge in [0.05, 0.1) is 11.6 Å². The normalized spacial score (nSPS) is 12.2. The third-order valence-electron chi connectivity index (χ3n) is 2.81. The number of carbonyl (C=O) groups is 1. The summed E-state index contributed by atoms with van der Waals surface area (Å²) in [6.07, 6.45) is 1.42. The van der Waals surface area contributed by atoms with E-state index < -0.39 is 0 Å². The maximum Gasteiger partial charge on any atom is 0.253 e. The fourth-order valence-corrected chi connectivity index (χ4v) is 1.88. The number of aromatic nitrogens is 3. The number of hydrogen-bond acceptors (Lipinski definition) is 4. The molecule has 1 heterocycles. The van der Waals surface area contributed by atoms with Gasteiger partial charge in [-0.05, 0) is 32.9 Å². The van der Waals surface area contributed by atoms with E-state index in [4.69, 9.17) is 0 Å². The quantitative estimate of drug-likeness (QED) is 0.779. The lowest BCUT2D eigenvalue weighted by molar-refractivity contribution is 0.0939. The Hall–Kier alpha value is -2.37. The van der Waals surface area contributed by atoms with Crippen LogP contribution in [0, 0.1) is 0 Å². The highest BCUT2D eigenvalue weighted by Crippen LogP contribution is 2.17. The number of rotatable bonds is 5. The topological polar surface area (TPSA) is 82.7 Å². The van der Waals surface area contributed by atoms with Crippen LogP contribution in [0.4, 0.5) is 5.69 Å². The molecule has 1 aromatic carbocycles. The molecule has 6 heteroatoms. The second-order valence-corrected chi connectivity index (χ2v) is 4.91. The van der Waals surface area contributed by atoms with Crippen molar-refractivity contribution in [3.8, 4) is 0 Å². The summed E-state index contributed by atoms with van der Waals surface area (Å²) < 4.78 is 0. The molecule has 2 rings (SSSR count). The summed E-state index contributed by atoms with van der Waals surface area (Å²) in [4.78, 5) is 16.4. The van der Waals surface area contributed by atoms with Crippen molar-refractivity contribution in [3.05, 3.63) is 42.0 Å². The molecule has 0 radical (unpaired) electrons. The number of carbonyl (C=O) groups excluding carboxylic acids is 1. The summed E-state index contributed by atoms with van der Waals surface area (Å²) in [5.41, 5.74) is 1.44. The van der Waals surface area contributed by atoms with Gasteiger partial charge in [0.15, 0.2) is 0 Å². The Kier molecular flexibility index (Phi) is 4.34. The van der Waals surface area contributed by atoms with Crippen LogP contribution in [-0.2, 0) is 0 Å². The minimum Gasteiger partial charge on any atom is -0.382 e. The van der Waals surface area contributed by atoms with Crippen LogP contribution in [0.5, 0.6) is 0 Å². The number of hydrogen-bond donors (Lipinski definition) is 3. The van der Waals surface area contributed by atoms with E-state index in [0.717, 1.165) is 5.69 Å². The molecule has 0 aliphatic heterocycles. The first-order chi connectivity index (χ1) is 9.58. The van der Waals surface area contributed by atoms with Gasteiger partial charge in [0.2, 0.25) is 0 Å². The molecule has 1 amide bonds. The predicted octanol–water partition coefficient (Wildman–Crippen LogP) is 2.12. The Bertz CT molecular complexity index is 565. The molecule has 106 valence electrons. The van der Waals surface area contributed by atoms with Gasteiger partial charge < -0.3 is 10.6 Å². The molecule has 0 fully saturated rings. The fraction of sp³-hybridized carbons (Fsp3) is 0.357. The molecule has 0 aliphatic rings. The number of aromatic amines is 1. The van der Waals surface area contributed by atoms with E-state index in [9.17, 15) is 4.79 Å². The van der Waals surface area contributed by atoms with Crippen LogP contribution in [0.2, 0.25) is 0 Å². The van der Waals surface area contributed by atoms with Crippen molar-refractivity contribution in [1.29, 1.82) is 0 Å². The SMILES string of the molecule is CC(C)Nc1ccccc1C(=O)NC(C)c1ncn[nH]1. The van der Waals surface area contributed by atoms with Crippen molar-refractivity contribution in [2.75, 3.05) is 5.32 Å². The third-order valence-corrected chi connectivity index (χ3v) is 2.81. The van der Waals surface area contributed by atoms with Gasteiger partial charge in [0.1, 0.15) is 12.2 Å². The number of nitrogens with one attached hydrogen (secondary N) is 3. The van der Waals surface area contributed by atoms with E-state index in [1.165, 1.54) is 6.33 Å². The summed E-state index contributed by atoms with van der Waals surface area (Å²) in [5.74, 6) is 0.491. The summed E-state index contributed by atoms with van der Waals surface area (Å²) in [6.45, 7) is 5.93. The minimum atomic E-state index is -0.225. The second kappa shape index (κ2) is 6.18. The fourth-order valence-electron chi connectivity index (χ4n) is 1.88. The number of benzene rings is 1. The summed E-state index contributed by atoms with van der Waals surface area (Å²) >= 11 is 0. The van der Waals surface area contributed by atoms with Gasteiger partial charge in [-0.15, -0.1) is 0 Å². The Morgan fingerprint density at radius 1 is 1.25 bits per heavy atom. The smallest absolute Gasteiger partial charge is 0.253 e. The molecule has 0 saturated carbocycles. The van der Waals surface area contributed by atoms with Gasteiger partial charge in [-0.2, -0.15) is 5.10 Å². The number of nitrogens with zero attached hydrogens (tertiary/aromatic N) is 2. The zero-order valence-corrected chi connectivity index (χ0v) is 11.8. The summed E-state index contributed by atoms with van der Waals surface area (Å²) in [5, 5.41) is 12.7. The van der Waals surface area contributed by atoms with Crippen molar-refractivity contribution < 1.29 is 4.79 Å². The highest BCUT2D eigenvalue weighted by Gasteiger charge is 2.16. The van der Waals surface area contributed by atoms with E-state index in [2.05, 4.69) is 25.8 Å². The van der Waals surface area contributed by atoms with Gasteiger partial charge in [-0.25, -0.2) is 4.98 Å². The molecule has 0 saturated heterocycles. The predicted molar refractivity (Wildman–Crippen MR) is 77.5 cm³/mol. The molecule has 3 N–H and O–H groups in total. The van der Waals surface area contributed by atoms with E-state index in [0.29, 0.717) is 11.4 Å². The molecule has 6 nitrogen and oxygen atoms in total. The van der Waals surface area contributed by atoms with Crippen molar-refractivity contribution in [1.82, 2.24) is 20.5 Å². The molecule has 0 spiro atoms. The van der Waals surface area contributed by atoms with Crippen LogP contribution in [0.25, 0.3) is 0 Å². The monoisotopic (exact) mass is 273 g/mol. The van der Waals surface area contributed by atoms with Crippen LogP contribution in [0.3, 0.4) is 0 Å². The Morgan fingerprint density at radius 3 is 2.65 bits per heavy atom. The Labute approximate surface area is 118 Å². The largest absolute Gasteiger partial charge is 0.382 e. The van der Waals surface area contributed by atoms with E-state index in [1.807, 2.05) is 39.0 Å². The maximum atomic E-state index is 12.3. The first kappa shape index (κ1) is 14.0. The molecule has 1 atom stereocenters. The molecule has 0 bridgehead atoms. The van der Waals surface area contributed by atoms with Gasteiger partial charge in [0, 0.05) is 11.7 Å². The zero-order chi connectivity index (χ0) is 14.5. The van der Waals surface area contributed by atoms with E-state index in [-0.39, 0.29) is 18.0 Å². The average molecular weight is 273 g/mol. The van der Waals surface area contributed by atoms with Gasteiger partial charge in [0.25, 0.3) is 5.91 Å². The standard InChI is InChI=1S/C14H19N5O/c1-9(2)17-12-7-5-4-6-11(12)14(20)18-10(3)13-15-8-16-19-13/h4-10,17H,1-3H3,(H,18,20)(H,15,16,19). The maximum absolute atomic E-state index is 12.3. The van der Waals surface area contributed by atoms with Crippen LogP contribution >= 0.6 is 0 Å². The molecule has 1 aromatic heterocycles. The van der Waals surface area contributed by atoms with Crippen molar-refractivity contribution in [2.24, 2.45) is 0 Å². The highest BCUT2D eigenvalue weighted by molar-refractivity contribution is 5.99. The Morgan fingerprint density at radius 2 is 2.00 bits per heavy atom. The van der Waals surface area contributed by atoms with Crippen LogP contribution < -0.4 is 10.6 Å². The van der Waals surface area contributed by atoms with Gasteiger partial charge >= 0.3 is 0 Å². The van der Waals surface area contributed by atoms with Gasteiger partial charge in [-0.1, -0.05) is 12.1 Å². The first-order valence-corrected chi connectivity index (χ1v) is 6.59. The lowest BCUT2D eigenvalue weighted by Gasteiger charge is -2.16. The van der Waals surface area contributed by atoms with Gasteiger partial charge in [-0.3, -0.25) is 9.89 Å². The van der Waals surface area contributed by atoms with Crippen LogP contribution in [0.1, 0.15) is 43.0 Å². The first-order valence-electron chi connectivity index (χ1n) is 6.59. The summed E-state index contributed by atoms with van der Waals surface area (Å²) in [7, 11) is 0. The second-order valence-electron chi connectivity index (χ2n) is 4.91. The molecular weight excluding hydrogens is 254 g/mol. The third kappa shape index (κ3) is 3.34. The molecule has 1 unspecified atom stereocenters. The van der Waals surface area contributed by atoms with Crippen LogP contribution in [0.15, 0.2) is 30.6 Å². The highest BCUT2D eigenvalue weighted by atomic mass is 16.1. The number of anilines is 1. The minimum absolute atomic E-state index is 0.141. The van der Waals surface area contributed by atoms with Crippen molar-refractivity contribution in [2.45, 2.75) is 32.9 Å². The summed E-state index contributed by atoms with van der Waals surface area (Å²) in [6, 6.07) is 7.48. The molecular formula is C14H19N5O. The zero-order valence-electron chi connectivity index (χ0n) is 11.8. The van der Waals surface area contributed by atoms with Crippen molar-refractivity contribution in [3.63, 3.8) is 0 Å². The average Bonchev–Trinajstić information content (AvgIpc) is 2.92. The molecule has 2 aromatic rings. The van der Waals surface area contributed by atoms with Crippen LogP contribution in [-0.4, -0.2) is 27.1 Å². The Balaban J connectivity index is 2.13. The number of amides is 1. The lowest BCUT2D eigenvalue weighted by Crippen LogP contribution is -2.28. The molecule has 20 heavy (non-hydrogen) atoms. The van der Waals surface area contributed by atoms with Crippen molar-refractivity contribution >= 4 is 11.6 Å². The molecule has 0 aliphatic carbocycles. The lowest BCUT2D eigenvalue weighted by atomic mass is 10.1. The van der Waals surface area contributed by atoms with E-state index in [1.54, 1.807) is 6.07 Å². The van der Waals surface area contributed by atoms with E-state index >= 15 is 0 Å². The number of H-pyrrole nitrogens is 1. The number of para-hydroxylation sites is 1.